The second kappa shape index (κ2) is 12.7. The average molecular weight is 745 g/mol. The summed E-state index contributed by atoms with van der Waals surface area (Å²) in [5.41, 5.74) is 10.9. The van der Waals surface area contributed by atoms with E-state index >= 15 is 0 Å². The highest BCUT2D eigenvalue weighted by atomic mass is 32.2. The molecule has 11 aromatic rings. The topological polar surface area (TPSA) is 34.0 Å². The van der Waals surface area contributed by atoms with Crippen LogP contribution in [0.4, 0.5) is 17.1 Å². The summed E-state index contributed by atoms with van der Waals surface area (Å²) in [5.74, 6) is 0.650. The molecule has 0 saturated heterocycles. The zero-order valence-electron chi connectivity index (χ0n) is 30.7. The standard InChI is InChI=1S/C52H32N4S/c1-3-16-35(17-4-1)49-42-29-26-34-15-8-10-21-39(34)50(42)54-52(53-49)56-45-31-27-33-14-7-9-20-38(33)48(45)41-23-13-22-40(51(41)56)36-28-30-44-47(32-36)57-46-25-12-11-24-43(46)55(44)37-18-5-2-6-19-37/h1-32H. The molecular formula is C52H32N4S. The van der Waals surface area contributed by atoms with Crippen LogP contribution in [0, 0.1) is 0 Å². The first kappa shape index (κ1) is 32.1. The number of hydrogen-bond donors (Lipinski definition) is 0. The smallest absolute Gasteiger partial charge is 0.235 e. The van der Waals surface area contributed by atoms with Crippen LogP contribution in [0.5, 0.6) is 0 Å². The van der Waals surface area contributed by atoms with Gasteiger partial charge in [0.15, 0.2) is 0 Å². The number of rotatable bonds is 4. The molecule has 1 aliphatic rings. The zero-order chi connectivity index (χ0) is 37.5. The number of nitrogens with zero attached hydrogens (tertiary/aromatic N) is 4. The van der Waals surface area contributed by atoms with E-state index in [1.807, 2.05) is 11.8 Å². The maximum Gasteiger partial charge on any atom is 0.235 e. The minimum absolute atomic E-state index is 0.650. The average Bonchev–Trinajstić information content (AvgIpc) is 3.63. The Morgan fingerprint density at radius 3 is 1.98 bits per heavy atom. The number of fused-ring (bicyclic) bond motifs is 10. The van der Waals surface area contributed by atoms with Crippen LogP contribution < -0.4 is 4.90 Å². The van der Waals surface area contributed by atoms with Crippen molar-refractivity contribution in [3.63, 3.8) is 0 Å². The van der Waals surface area contributed by atoms with Crippen molar-refractivity contribution in [2.75, 3.05) is 4.90 Å². The van der Waals surface area contributed by atoms with Crippen LogP contribution in [0.1, 0.15) is 0 Å². The molecule has 0 radical (unpaired) electrons. The Kier molecular flexibility index (Phi) is 7.13. The molecule has 9 aromatic carbocycles. The fourth-order valence-corrected chi connectivity index (χ4v) is 9.92. The molecule has 3 heterocycles. The highest BCUT2D eigenvalue weighted by Gasteiger charge is 2.27. The van der Waals surface area contributed by atoms with Gasteiger partial charge in [-0.25, -0.2) is 9.97 Å². The molecule has 2 aromatic heterocycles. The minimum atomic E-state index is 0.650. The molecule has 0 spiro atoms. The maximum atomic E-state index is 5.53. The number of anilines is 3. The molecule has 4 nitrogen and oxygen atoms in total. The van der Waals surface area contributed by atoms with Gasteiger partial charge in [0.2, 0.25) is 5.95 Å². The third kappa shape index (κ3) is 4.96. The number of benzene rings is 9. The summed E-state index contributed by atoms with van der Waals surface area (Å²) in [5, 5.41) is 8.08. The fourth-order valence-electron chi connectivity index (χ4n) is 8.82. The predicted octanol–water partition coefficient (Wildman–Crippen LogP) is 14.3. The second-order valence-corrected chi connectivity index (χ2v) is 15.6. The molecule has 0 aliphatic carbocycles. The normalized spacial score (nSPS) is 12.5. The van der Waals surface area contributed by atoms with Crippen molar-refractivity contribution in [2.24, 2.45) is 0 Å². The lowest BCUT2D eigenvalue weighted by molar-refractivity contribution is 1.02. The summed E-state index contributed by atoms with van der Waals surface area (Å²) in [6.07, 6.45) is 0. The summed E-state index contributed by atoms with van der Waals surface area (Å²) in [6.45, 7) is 0. The van der Waals surface area contributed by atoms with E-state index in [2.05, 4.69) is 204 Å². The lowest BCUT2D eigenvalue weighted by Gasteiger charge is -2.33. The number of para-hydroxylation sites is 3. The molecule has 57 heavy (non-hydrogen) atoms. The monoisotopic (exact) mass is 744 g/mol. The van der Waals surface area contributed by atoms with E-state index in [1.165, 1.54) is 42.7 Å². The molecule has 0 atom stereocenters. The van der Waals surface area contributed by atoms with E-state index in [4.69, 9.17) is 9.97 Å². The number of hydrogen-bond acceptors (Lipinski definition) is 4. The van der Waals surface area contributed by atoms with Gasteiger partial charge in [-0.2, -0.15) is 0 Å². The van der Waals surface area contributed by atoms with Gasteiger partial charge in [0.1, 0.15) is 0 Å². The summed E-state index contributed by atoms with van der Waals surface area (Å²) in [4.78, 5) is 15.9. The van der Waals surface area contributed by atoms with Crippen molar-refractivity contribution in [1.82, 2.24) is 14.5 Å². The fraction of sp³-hybridized carbons (Fsp3) is 0. The van der Waals surface area contributed by atoms with Crippen LogP contribution in [-0.2, 0) is 0 Å². The zero-order valence-corrected chi connectivity index (χ0v) is 31.5. The van der Waals surface area contributed by atoms with Crippen molar-refractivity contribution >= 4 is 83.1 Å². The van der Waals surface area contributed by atoms with E-state index in [0.29, 0.717) is 5.95 Å². The van der Waals surface area contributed by atoms with Crippen LogP contribution in [-0.4, -0.2) is 14.5 Å². The van der Waals surface area contributed by atoms with Gasteiger partial charge < -0.3 is 4.90 Å². The van der Waals surface area contributed by atoms with Crippen LogP contribution in [0.3, 0.4) is 0 Å². The van der Waals surface area contributed by atoms with Crippen molar-refractivity contribution < 1.29 is 0 Å². The van der Waals surface area contributed by atoms with Gasteiger partial charge in [0.25, 0.3) is 0 Å². The maximum absolute atomic E-state index is 5.53. The lowest BCUT2D eigenvalue weighted by atomic mass is 9.99. The quantitative estimate of drug-likeness (QED) is 0.168. The van der Waals surface area contributed by atoms with Crippen molar-refractivity contribution in [2.45, 2.75) is 9.79 Å². The summed E-state index contributed by atoms with van der Waals surface area (Å²) >= 11 is 1.83. The Morgan fingerprint density at radius 2 is 1.12 bits per heavy atom. The Labute approximate surface area is 333 Å². The third-order valence-electron chi connectivity index (χ3n) is 11.4. The largest absolute Gasteiger partial charge is 0.308 e. The van der Waals surface area contributed by atoms with Crippen molar-refractivity contribution in [3.05, 3.63) is 194 Å². The van der Waals surface area contributed by atoms with Crippen LogP contribution in [0.25, 0.3) is 82.6 Å². The Bertz CT molecular complexity index is 3390. The lowest BCUT2D eigenvalue weighted by Crippen LogP contribution is -2.14. The van der Waals surface area contributed by atoms with Gasteiger partial charge in [-0.05, 0) is 70.3 Å². The molecule has 0 N–H and O–H groups in total. The van der Waals surface area contributed by atoms with Crippen LogP contribution >= 0.6 is 11.8 Å². The van der Waals surface area contributed by atoms with Gasteiger partial charge in [0, 0.05) is 48.2 Å². The third-order valence-corrected chi connectivity index (χ3v) is 12.5. The first-order chi connectivity index (χ1) is 28.3. The van der Waals surface area contributed by atoms with E-state index in [-0.39, 0.29) is 0 Å². The van der Waals surface area contributed by atoms with Gasteiger partial charge in [0.05, 0.1) is 33.6 Å². The summed E-state index contributed by atoms with van der Waals surface area (Å²) < 4.78 is 2.32. The first-order valence-electron chi connectivity index (χ1n) is 19.3. The van der Waals surface area contributed by atoms with Crippen molar-refractivity contribution in [1.29, 1.82) is 0 Å². The summed E-state index contributed by atoms with van der Waals surface area (Å²) in [6, 6.07) is 69.6. The molecule has 5 heteroatoms. The van der Waals surface area contributed by atoms with Crippen molar-refractivity contribution in [3.8, 4) is 28.3 Å². The van der Waals surface area contributed by atoms with Gasteiger partial charge in [-0.3, -0.25) is 4.57 Å². The van der Waals surface area contributed by atoms with E-state index in [1.54, 1.807) is 0 Å². The Hall–Kier alpha value is -7.21. The molecule has 1 aliphatic heterocycles. The highest BCUT2D eigenvalue weighted by Crippen LogP contribution is 2.52. The second-order valence-electron chi connectivity index (χ2n) is 14.6. The van der Waals surface area contributed by atoms with Gasteiger partial charge in [-0.1, -0.05) is 157 Å². The predicted molar refractivity (Wildman–Crippen MR) is 239 cm³/mol. The van der Waals surface area contributed by atoms with E-state index in [0.717, 1.165) is 60.8 Å². The molecule has 0 unspecified atom stereocenters. The minimum Gasteiger partial charge on any atom is -0.308 e. The molecule has 0 amide bonds. The highest BCUT2D eigenvalue weighted by molar-refractivity contribution is 7.99. The van der Waals surface area contributed by atoms with Gasteiger partial charge >= 0.3 is 0 Å². The molecule has 12 rings (SSSR count). The SMILES string of the molecule is c1ccc(-c2nc(-n3c4ccc5ccccc5c4c4cccc(-c5ccc6c(c5)Sc5ccccc5N6c5ccccc5)c43)nc3c2ccc2ccccc23)cc1. The molecule has 266 valence electrons. The van der Waals surface area contributed by atoms with Crippen LogP contribution in [0.15, 0.2) is 204 Å². The molecule has 0 fully saturated rings. The van der Waals surface area contributed by atoms with E-state index in [9.17, 15) is 0 Å². The summed E-state index contributed by atoms with van der Waals surface area (Å²) in [7, 11) is 0. The Morgan fingerprint density at radius 1 is 0.439 bits per heavy atom. The number of aromatic nitrogens is 3. The van der Waals surface area contributed by atoms with Crippen LogP contribution in [0.2, 0.25) is 0 Å². The van der Waals surface area contributed by atoms with Gasteiger partial charge in [-0.15, -0.1) is 0 Å². The molecule has 0 saturated carbocycles. The molecular weight excluding hydrogens is 713 g/mol. The first-order valence-corrected chi connectivity index (χ1v) is 20.1. The molecule has 0 bridgehead atoms. The van der Waals surface area contributed by atoms with E-state index < -0.39 is 0 Å². The Balaban J connectivity index is 1.17.